The number of carbonyl (C=O) groups excluding carboxylic acids is 1. The molecule has 0 unspecified atom stereocenters. The summed E-state index contributed by atoms with van der Waals surface area (Å²) in [6.07, 6.45) is 3.66. The number of hydrogen-bond acceptors (Lipinski definition) is 3. The Morgan fingerprint density at radius 3 is 2.51 bits per heavy atom. The topological polar surface area (TPSA) is 56.1 Å². The third kappa shape index (κ3) is 6.30. The molecule has 0 saturated carbocycles. The number of carbonyl (C=O) groups is 1. The molecule has 3 aromatic carbocycles. The molecule has 1 amide bonds. The molecule has 4 aromatic rings. The second kappa shape index (κ2) is 11.7. The zero-order valence-corrected chi connectivity index (χ0v) is 21.0. The van der Waals surface area contributed by atoms with Crippen LogP contribution < -0.4 is 10.1 Å². The summed E-state index contributed by atoms with van der Waals surface area (Å²) in [5.41, 5.74) is 6.47. The highest BCUT2D eigenvalue weighted by atomic mass is 16.5. The van der Waals surface area contributed by atoms with Crippen molar-refractivity contribution in [3.8, 4) is 5.75 Å². The highest BCUT2D eigenvalue weighted by molar-refractivity contribution is 5.95. The fourth-order valence-corrected chi connectivity index (χ4v) is 4.30. The number of para-hydroxylation sites is 2. The first-order chi connectivity index (χ1) is 17.0. The monoisotopic (exact) mass is 469 g/mol. The van der Waals surface area contributed by atoms with E-state index < -0.39 is 0 Å². The van der Waals surface area contributed by atoms with Gasteiger partial charge in [0.1, 0.15) is 11.6 Å². The molecule has 0 fully saturated rings. The molecule has 1 heterocycles. The molecule has 35 heavy (non-hydrogen) atoms. The Kier molecular flexibility index (Phi) is 8.19. The van der Waals surface area contributed by atoms with Crippen LogP contribution in [0.2, 0.25) is 0 Å². The maximum Gasteiger partial charge on any atom is 0.251 e. The number of nitrogens with zero attached hydrogens (tertiary/aromatic N) is 2. The van der Waals surface area contributed by atoms with Gasteiger partial charge in [-0.05, 0) is 87.1 Å². The number of aromatic nitrogens is 2. The molecular weight excluding hydrogens is 434 g/mol. The normalized spacial score (nSPS) is 11.1. The predicted molar refractivity (Wildman–Crippen MR) is 142 cm³/mol. The smallest absolute Gasteiger partial charge is 0.251 e. The lowest BCUT2D eigenvalue weighted by Crippen LogP contribution is -2.25. The van der Waals surface area contributed by atoms with Gasteiger partial charge in [-0.2, -0.15) is 0 Å². The highest BCUT2D eigenvalue weighted by Gasteiger charge is 2.11. The molecule has 1 N–H and O–H groups in total. The maximum absolute atomic E-state index is 12.5. The van der Waals surface area contributed by atoms with Gasteiger partial charge in [0.2, 0.25) is 0 Å². The number of amides is 1. The number of benzene rings is 3. The first-order valence-corrected chi connectivity index (χ1v) is 12.5. The number of rotatable bonds is 11. The van der Waals surface area contributed by atoms with Crippen molar-refractivity contribution in [2.75, 3.05) is 13.2 Å². The summed E-state index contributed by atoms with van der Waals surface area (Å²) in [6.45, 7) is 8.42. The number of ether oxygens (including phenoxy) is 1. The van der Waals surface area contributed by atoms with E-state index in [0.717, 1.165) is 60.4 Å². The average Bonchev–Trinajstić information content (AvgIpc) is 3.21. The molecule has 0 spiro atoms. The van der Waals surface area contributed by atoms with Crippen LogP contribution in [0, 0.1) is 20.8 Å². The van der Waals surface area contributed by atoms with Crippen LogP contribution in [0.3, 0.4) is 0 Å². The number of fused-ring (bicyclic) bond motifs is 1. The predicted octanol–water partition coefficient (Wildman–Crippen LogP) is 6.18. The minimum Gasteiger partial charge on any atom is -0.494 e. The van der Waals surface area contributed by atoms with Gasteiger partial charge in [0, 0.05) is 25.1 Å². The van der Waals surface area contributed by atoms with Crippen molar-refractivity contribution in [1.29, 1.82) is 0 Å². The first-order valence-electron chi connectivity index (χ1n) is 12.5. The van der Waals surface area contributed by atoms with Crippen molar-refractivity contribution >= 4 is 16.9 Å². The lowest BCUT2D eigenvalue weighted by atomic mass is 10.1. The van der Waals surface area contributed by atoms with Gasteiger partial charge in [-0.1, -0.05) is 36.4 Å². The van der Waals surface area contributed by atoms with Crippen LogP contribution in [0.5, 0.6) is 5.75 Å². The third-order valence-corrected chi connectivity index (χ3v) is 6.51. The van der Waals surface area contributed by atoms with E-state index in [4.69, 9.17) is 9.72 Å². The molecular formula is C30H35N3O2. The van der Waals surface area contributed by atoms with Crippen molar-refractivity contribution in [3.63, 3.8) is 0 Å². The van der Waals surface area contributed by atoms with Crippen molar-refractivity contribution < 1.29 is 9.53 Å². The number of aryl methyl sites for hydroxylation is 5. The molecule has 0 aliphatic heterocycles. The summed E-state index contributed by atoms with van der Waals surface area (Å²) in [4.78, 5) is 17.4. The van der Waals surface area contributed by atoms with Gasteiger partial charge in [0.05, 0.1) is 17.6 Å². The Morgan fingerprint density at radius 2 is 1.69 bits per heavy atom. The lowest BCUT2D eigenvalue weighted by molar-refractivity contribution is 0.0952. The molecule has 0 radical (unpaired) electrons. The van der Waals surface area contributed by atoms with Crippen molar-refractivity contribution in [2.45, 2.75) is 53.0 Å². The fraction of sp³-hybridized carbons (Fsp3) is 0.333. The molecule has 5 nitrogen and oxygen atoms in total. The Bertz CT molecular complexity index is 1290. The number of unbranched alkanes of at least 4 members (excludes halogenated alkanes) is 1. The van der Waals surface area contributed by atoms with E-state index >= 15 is 0 Å². The Labute approximate surface area is 208 Å². The van der Waals surface area contributed by atoms with Crippen LogP contribution >= 0.6 is 0 Å². The fourth-order valence-electron chi connectivity index (χ4n) is 4.30. The average molecular weight is 470 g/mol. The number of imidazole rings is 1. The van der Waals surface area contributed by atoms with E-state index in [1.807, 2.05) is 43.3 Å². The first kappa shape index (κ1) is 24.5. The second-order valence-corrected chi connectivity index (χ2v) is 9.14. The summed E-state index contributed by atoms with van der Waals surface area (Å²) in [6, 6.07) is 22.2. The van der Waals surface area contributed by atoms with Crippen molar-refractivity contribution in [2.24, 2.45) is 0 Å². The van der Waals surface area contributed by atoms with Crippen LogP contribution in [-0.2, 0) is 13.0 Å². The Balaban J connectivity index is 1.29. The van der Waals surface area contributed by atoms with E-state index in [1.54, 1.807) is 0 Å². The Hall–Kier alpha value is -3.60. The molecule has 0 saturated heterocycles. The van der Waals surface area contributed by atoms with Gasteiger partial charge in [0.25, 0.3) is 5.91 Å². The van der Waals surface area contributed by atoms with E-state index in [9.17, 15) is 4.79 Å². The molecule has 1 aromatic heterocycles. The third-order valence-electron chi connectivity index (χ3n) is 6.51. The van der Waals surface area contributed by atoms with Crippen LogP contribution in [0.25, 0.3) is 11.0 Å². The summed E-state index contributed by atoms with van der Waals surface area (Å²) in [5, 5.41) is 3.05. The SMILES string of the molecule is Cc1ccc(OCCCCn2c(CCCNC(=O)c3ccccc3C)nc3ccccc32)cc1C. The highest BCUT2D eigenvalue weighted by Crippen LogP contribution is 2.19. The molecule has 0 aliphatic carbocycles. The van der Waals surface area contributed by atoms with Gasteiger partial charge in [-0.3, -0.25) is 4.79 Å². The zero-order chi connectivity index (χ0) is 24.6. The quantitative estimate of drug-likeness (QED) is 0.267. The van der Waals surface area contributed by atoms with E-state index in [0.29, 0.717) is 13.2 Å². The van der Waals surface area contributed by atoms with E-state index in [2.05, 4.69) is 54.1 Å². The summed E-state index contributed by atoms with van der Waals surface area (Å²) in [7, 11) is 0. The summed E-state index contributed by atoms with van der Waals surface area (Å²) in [5.74, 6) is 2.00. The van der Waals surface area contributed by atoms with E-state index in [1.165, 1.54) is 16.6 Å². The van der Waals surface area contributed by atoms with Gasteiger partial charge in [-0.15, -0.1) is 0 Å². The molecule has 0 atom stereocenters. The molecule has 182 valence electrons. The minimum atomic E-state index is -0.0135. The van der Waals surface area contributed by atoms with Crippen molar-refractivity contribution in [3.05, 3.63) is 94.8 Å². The number of nitrogens with one attached hydrogen (secondary N) is 1. The Morgan fingerprint density at radius 1 is 0.886 bits per heavy atom. The van der Waals surface area contributed by atoms with Gasteiger partial charge in [-0.25, -0.2) is 4.98 Å². The number of hydrogen-bond donors (Lipinski definition) is 1. The van der Waals surface area contributed by atoms with Crippen LogP contribution in [-0.4, -0.2) is 28.6 Å². The summed E-state index contributed by atoms with van der Waals surface area (Å²) >= 11 is 0. The largest absolute Gasteiger partial charge is 0.494 e. The molecule has 5 heteroatoms. The minimum absolute atomic E-state index is 0.0135. The molecule has 4 rings (SSSR count). The van der Waals surface area contributed by atoms with Crippen LogP contribution in [0.1, 0.15) is 52.1 Å². The van der Waals surface area contributed by atoms with Gasteiger partial charge >= 0.3 is 0 Å². The maximum atomic E-state index is 12.5. The lowest BCUT2D eigenvalue weighted by Gasteiger charge is -2.11. The van der Waals surface area contributed by atoms with Crippen LogP contribution in [0.15, 0.2) is 66.7 Å². The van der Waals surface area contributed by atoms with E-state index in [-0.39, 0.29) is 5.91 Å². The summed E-state index contributed by atoms with van der Waals surface area (Å²) < 4.78 is 8.29. The zero-order valence-electron chi connectivity index (χ0n) is 21.0. The van der Waals surface area contributed by atoms with Gasteiger partial charge in [0.15, 0.2) is 0 Å². The standard InChI is InChI=1S/C30H35N3O2/c1-22-16-17-25(21-24(22)3)35-20-9-8-19-33-28-14-7-6-13-27(28)32-29(33)15-10-18-31-30(34)26-12-5-4-11-23(26)2/h4-7,11-14,16-17,21H,8-10,15,18-20H2,1-3H3,(H,31,34). The second-order valence-electron chi connectivity index (χ2n) is 9.14. The molecule has 0 aliphatic rings. The van der Waals surface area contributed by atoms with Crippen molar-refractivity contribution in [1.82, 2.24) is 14.9 Å². The van der Waals surface area contributed by atoms with Crippen LogP contribution in [0.4, 0.5) is 0 Å². The van der Waals surface area contributed by atoms with Gasteiger partial charge < -0.3 is 14.6 Å². The molecule has 0 bridgehead atoms.